The lowest BCUT2D eigenvalue weighted by atomic mass is 10.0. The molecule has 0 aromatic rings. The Hall–Kier alpha value is -0.840. The van der Waals surface area contributed by atoms with Crippen molar-refractivity contribution in [1.29, 1.82) is 0 Å². The molecular weight excluding hydrogens is 198 g/mol. The van der Waals surface area contributed by atoms with Crippen LogP contribution in [0.5, 0.6) is 0 Å². The molecule has 80 valence electrons. The fourth-order valence-corrected chi connectivity index (χ4v) is 1.97. The molecular formula is C9H17N3OS. The Labute approximate surface area is 89.8 Å². The highest BCUT2D eigenvalue weighted by atomic mass is 32.1. The van der Waals surface area contributed by atoms with Crippen molar-refractivity contribution in [2.45, 2.75) is 32.2 Å². The second-order valence-electron chi connectivity index (χ2n) is 3.44. The Morgan fingerprint density at radius 1 is 1.64 bits per heavy atom. The second-order valence-corrected chi connectivity index (χ2v) is 3.91. The molecule has 14 heavy (non-hydrogen) atoms. The quantitative estimate of drug-likeness (QED) is 0.672. The average Bonchev–Trinajstić information content (AvgIpc) is 2.18. The van der Waals surface area contributed by atoms with E-state index >= 15 is 0 Å². The first-order chi connectivity index (χ1) is 6.66. The predicted octanol–water partition coefficient (Wildman–Crippen LogP) is 0.857. The zero-order valence-electron chi connectivity index (χ0n) is 8.45. The van der Waals surface area contributed by atoms with Crippen LogP contribution in [0.4, 0.5) is 4.79 Å². The van der Waals surface area contributed by atoms with Gasteiger partial charge in [-0.1, -0.05) is 12.2 Å². The third kappa shape index (κ3) is 2.57. The molecule has 0 saturated carbocycles. The predicted molar refractivity (Wildman–Crippen MR) is 60.2 cm³/mol. The number of rotatable bonds is 2. The third-order valence-electron chi connectivity index (χ3n) is 2.42. The van der Waals surface area contributed by atoms with Gasteiger partial charge in [0.1, 0.15) is 0 Å². The van der Waals surface area contributed by atoms with Gasteiger partial charge in [0.25, 0.3) is 0 Å². The second kappa shape index (κ2) is 5.14. The lowest BCUT2D eigenvalue weighted by Crippen LogP contribution is -2.53. The molecule has 1 aliphatic rings. The number of hydrogen-bond donors (Lipinski definition) is 2. The molecule has 1 rings (SSSR count). The molecule has 0 bridgehead atoms. The van der Waals surface area contributed by atoms with Gasteiger partial charge in [-0.05, 0) is 26.2 Å². The molecule has 2 amide bonds. The molecule has 1 saturated heterocycles. The molecule has 0 aromatic heterocycles. The highest BCUT2D eigenvalue weighted by molar-refractivity contribution is 7.80. The lowest BCUT2D eigenvalue weighted by molar-refractivity contribution is 0.173. The maximum absolute atomic E-state index is 11.6. The molecule has 3 N–H and O–H groups in total. The summed E-state index contributed by atoms with van der Waals surface area (Å²) in [6.07, 6.45) is 3.03. The fraction of sp³-hybridized carbons (Fsp3) is 0.778. The standard InChI is InChI=1S/C9H17N3OS/c1-2-11-9(13)12-6-4-3-5-7(12)8(10)14/h7H,2-6H2,1H3,(H2,10,14)(H,11,13). The number of piperidine rings is 1. The molecule has 1 fully saturated rings. The minimum Gasteiger partial charge on any atom is -0.392 e. The molecule has 0 spiro atoms. The van der Waals surface area contributed by atoms with Crippen molar-refractivity contribution >= 4 is 23.2 Å². The summed E-state index contributed by atoms with van der Waals surface area (Å²) >= 11 is 4.95. The van der Waals surface area contributed by atoms with E-state index in [0.29, 0.717) is 11.5 Å². The minimum absolute atomic E-state index is 0.0506. The van der Waals surface area contributed by atoms with Crippen LogP contribution in [-0.4, -0.2) is 35.1 Å². The summed E-state index contributed by atoms with van der Waals surface area (Å²) in [7, 11) is 0. The van der Waals surface area contributed by atoms with Gasteiger partial charge in [-0.2, -0.15) is 0 Å². The first kappa shape index (κ1) is 11.2. The van der Waals surface area contributed by atoms with Gasteiger partial charge in [0.15, 0.2) is 0 Å². The zero-order chi connectivity index (χ0) is 10.6. The van der Waals surface area contributed by atoms with E-state index in [4.69, 9.17) is 18.0 Å². The number of amides is 2. The minimum atomic E-state index is -0.0509. The van der Waals surface area contributed by atoms with E-state index in [9.17, 15) is 4.79 Å². The summed E-state index contributed by atoms with van der Waals surface area (Å²) < 4.78 is 0. The first-order valence-corrected chi connectivity index (χ1v) is 5.41. The molecule has 0 radical (unpaired) electrons. The number of nitrogens with one attached hydrogen (secondary N) is 1. The highest BCUT2D eigenvalue weighted by Crippen LogP contribution is 2.17. The van der Waals surface area contributed by atoms with E-state index < -0.39 is 0 Å². The summed E-state index contributed by atoms with van der Waals surface area (Å²) in [5.74, 6) is 0. The Bertz CT molecular complexity index is 232. The molecule has 1 atom stereocenters. The van der Waals surface area contributed by atoms with Crippen molar-refractivity contribution in [3.8, 4) is 0 Å². The number of hydrogen-bond acceptors (Lipinski definition) is 2. The third-order valence-corrected chi connectivity index (χ3v) is 2.69. The van der Waals surface area contributed by atoms with Crippen LogP contribution < -0.4 is 11.1 Å². The molecule has 1 heterocycles. The summed E-state index contributed by atoms with van der Waals surface area (Å²) in [6, 6.07) is -0.102. The maximum atomic E-state index is 11.6. The van der Waals surface area contributed by atoms with Crippen molar-refractivity contribution in [3.63, 3.8) is 0 Å². The van der Waals surface area contributed by atoms with Crippen LogP contribution in [0.1, 0.15) is 26.2 Å². The number of likely N-dealkylation sites (tertiary alicyclic amines) is 1. The molecule has 1 aliphatic heterocycles. The molecule has 1 unspecified atom stereocenters. The molecule has 0 aliphatic carbocycles. The van der Waals surface area contributed by atoms with Crippen LogP contribution in [0.3, 0.4) is 0 Å². The first-order valence-electron chi connectivity index (χ1n) is 5.00. The zero-order valence-corrected chi connectivity index (χ0v) is 9.27. The van der Waals surface area contributed by atoms with Crippen LogP contribution in [0.2, 0.25) is 0 Å². The summed E-state index contributed by atoms with van der Waals surface area (Å²) in [5.41, 5.74) is 5.60. The van der Waals surface area contributed by atoms with Crippen LogP contribution in [-0.2, 0) is 0 Å². The number of urea groups is 1. The number of nitrogens with two attached hydrogens (primary N) is 1. The highest BCUT2D eigenvalue weighted by Gasteiger charge is 2.27. The SMILES string of the molecule is CCNC(=O)N1CCCCC1C(N)=S. The van der Waals surface area contributed by atoms with E-state index in [-0.39, 0.29) is 12.1 Å². The lowest BCUT2D eigenvalue weighted by Gasteiger charge is -2.34. The molecule has 4 nitrogen and oxygen atoms in total. The van der Waals surface area contributed by atoms with Crippen molar-refractivity contribution in [1.82, 2.24) is 10.2 Å². The van der Waals surface area contributed by atoms with E-state index in [1.54, 1.807) is 4.90 Å². The van der Waals surface area contributed by atoms with Gasteiger partial charge < -0.3 is 16.0 Å². The maximum Gasteiger partial charge on any atom is 0.317 e. The number of thiocarbonyl (C=S) groups is 1. The van der Waals surface area contributed by atoms with Gasteiger partial charge in [-0.25, -0.2) is 4.79 Å². The van der Waals surface area contributed by atoms with E-state index in [0.717, 1.165) is 25.8 Å². The summed E-state index contributed by atoms with van der Waals surface area (Å²) in [6.45, 7) is 3.30. The average molecular weight is 215 g/mol. The van der Waals surface area contributed by atoms with Crippen molar-refractivity contribution in [2.24, 2.45) is 5.73 Å². The van der Waals surface area contributed by atoms with Gasteiger partial charge in [-0.15, -0.1) is 0 Å². The number of nitrogens with zero attached hydrogens (tertiary/aromatic N) is 1. The normalized spacial score (nSPS) is 21.8. The molecule has 0 aromatic carbocycles. The Kier molecular flexibility index (Phi) is 4.13. The van der Waals surface area contributed by atoms with Gasteiger partial charge in [0.2, 0.25) is 0 Å². The van der Waals surface area contributed by atoms with Crippen LogP contribution in [0.25, 0.3) is 0 Å². The van der Waals surface area contributed by atoms with Gasteiger partial charge >= 0.3 is 6.03 Å². The Morgan fingerprint density at radius 2 is 2.36 bits per heavy atom. The van der Waals surface area contributed by atoms with Gasteiger partial charge in [0.05, 0.1) is 11.0 Å². The number of carbonyl (C=O) groups is 1. The van der Waals surface area contributed by atoms with Crippen LogP contribution in [0, 0.1) is 0 Å². The fourth-order valence-electron chi connectivity index (χ4n) is 1.72. The van der Waals surface area contributed by atoms with Crippen molar-refractivity contribution < 1.29 is 4.79 Å². The van der Waals surface area contributed by atoms with Gasteiger partial charge in [-0.3, -0.25) is 0 Å². The van der Waals surface area contributed by atoms with Gasteiger partial charge in [0, 0.05) is 13.1 Å². The topological polar surface area (TPSA) is 58.4 Å². The van der Waals surface area contributed by atoms with E-state index in [1.807, 2.05) is 6.92 Å². The van der Waals surface area contributed by atoms with Crippen molar-refractivity contribution in [3.05, 3.63) is 0 Å². The van der Waals surface area contributed by atoms with Crippen LogP contribution in [0.15, 0.2) is 0 Å². The summed E-state index contributed by atoms with van der Waals surface area (Å²) in [5, 5.41) is 2.77. The van der Waals surface area contributed by atoms with E-state index in [1.165, 1.54) is 0 Å². The Balaban J connectivity index is 2.62. The largest absolute Gasteiger partial charge is 0.392 e. The Morgan fingerprint density at radius 3 is 2.93 bits per heavy atom. The van der Waals surface area contributed by atoms with Crippen molar-refractivity contribution in [2.75, 3.05) is 13.1 Å². The smallest absolute Gasteiger partial charge is 0.317 e. The number of carbonyl (C=O) groups excluding carboxylic acids is 1. The summed E-state index contributed by atoms with van der Waals surface area (Å²) in [4.78, 5) is 13.8. The molecule has 5 heteroatoms. The monoisotopic (exact) mass is 215 g/mol. The van der Waals surface area contributed by atoms with Crippen LogP contribution >= 0.6 is 12.2 Å². The van der Waals surface area contributed by atoms with E-state index in [2.05, 4.69) is 5.32 Å².